The summed E-state index contributed by atoms with van der Waals surface area (Å²) in [6.07, 6.45) is -5.13. The number of hydrogen-bond donors (Lipinski definition) is 1. The summed E-state index contributed by atoms with van der Waals surface area (Å²) in [5, 5.41) is 9.18. The van der Waals surface area contributed by atoms with Gasteiger partial charge in [-0.3, -0.25) is 4.79 Å². The van der Waals surface area contributed by atoms with Crippen LogP contribution < -0.4 is 4.74 Å². The molecule has 8 heteroatoms. The summed E-state index contributed by atoms with van der Waals surface area (Å²) in [7, 11) is 0. The molecule has 1 N–H and O–H groups in total. The average Bonchev–Trinajstić information content (AvgIpc) is 2.55. The third-order valence-corrected chi connectivity index (χ3v) is 2.85. The number of benzene rings is 1. The van der Waals surface area contributed by atoms with Gasteiger partial charge in [0, 0.05) is 5.56 Å². The van der Waals surface area contributed by atoms with Crippen molar-refractivity contribution < 1.29 is 32.6 Å². The van der Waals surface area contributed by atoms with Crippen LogP contribution in [0.15, 0.2) is 24.3 Å². The number of fused-ring (bicyclic) bond motifs is 1. The first-order valence-electron chi connectivity index (χ1n) is 5.64. The molecule has 1 aromatic rings. The number of alkyl halides is 3. The van der Waals surface area contributed by atoms with Crippen molar-refractivity contribution >= 4 is 11.9 Å². The molecule has 0 aliphatic carbocycles. The fraction of sp³-hybridized carbons (Fsp3) is 0.333. The number of carboxylic acid groups (broad SMARTS) is 1. The first-order chi connectivity index (χ1) is 9.32. The van der Waals surface area contributed by atoms with Crippen molar-refractivity contribution in [1.29, 1.82) is 0 Å². The van der Waals surface area contributed by atoms with Gasteiger partial charge in [0.2, 0.25) is 0 Å². The molecule has 1 atom stereocenters. The minimum absolute atomic E-state index is 0.0232. The van der Waals surface area contributed by atoms with Gasteiger partial charge in [-0.05, 0) is 6.07 Å². The van der Waals surface area contributed by atoms with Gasteiger partial charge in [-0.1, -0.05) is 18.2 Å². The molecule has 1 amide bonds. The molecular weight excluding hydrogens is 279 g/mol. The Morgan fingerprint density at radius 1 is 1.30 bits per heavy atom. The van der Waals surface area contributed by atoms with Crippen molar-refractivity contribution in [3.05, 3.63) is 29.8 Å². The highest BCUT2D eigenvalue weighted by Gasteiger charge is 2.47. The molecule has 0 fully saturated rings. The van der Waals surface area contributed by atoms with Gasteiger partial charge in [-0.25, -0.2) is 4.79 Å². The first-order valence-corrected chi connectivity index (χ1v) is 5.64. The molecule has 1 heterocycles. The first kappa shape index (κ1) is 14.2. The predicted octanol–water partition coefficient (Wildman–Crippen LogP) is 1.60. The summed E-state index contributed by atoms with van der Waals surface area (Å²) < 4.78 is 42.9. The molecule has 1 aliphatic rings. The minimum Gasteiger partial charge on any atom is -0.491 e. The Labute approximate surface area is 111 Å². The number of carboxylic acids is 1. The highest BCUT2D eigenvalue weighted by Crippen LogP contribution is 2.34. The third-order valence-electron chi connectivity index (χ3n) is 2.85. The van der Waals surface area contributed by atoms with Gasteiger partial charge in [0.25, 0.3) is 0 Å². The van der Waals surface area contributed by atoms with Crippen LogP contribution in [-0.2, 0) is 9.59 Å². The van der Waals surface area contributed by atoms with E-state index in [0.29, 0.717) is 0 Å². The van der Waals surface area contributed by atoms with Gasteiger partial charge < -0.3 is 14.7 Å². The summed E-state index contributed by atoms with van der Waals surface area (Å²) in [5.74, 6) is -3.57. The quantitative estimate of drug-likeness (QED) is 0.852. The fourth-order valence-electron chi connectivity index (χ4n) is 2.04. The average molecular weight is 289 g/mol. The van der Waals surface area contributed by atoms with Crippen LogP contribution in [0.5, 0.6) is 5.75 Å². The molecule has 1 aromatic carbocycles. The van der Waals surface area contributed by atoms with Crippen LogP contribution in [0.1, 0.15) is 11.6 Å². The lowest BCUT2D eigenvalue weighted by atomic mass is 10.0. The molecule has 0 saturated heterocycles. The van der Waals surface area contributed by atoms with Crippen molar-refractivity contribution in [2.24, 2.45) is 0 Å². The summed E-state index contributed by atoms with van der Waals surface area (Å²) in [6.45, 7) is -0.660. The Hall–Kier alpha value is -2.25. The van der Waals surface area contributed by atoms with Crippen LogP contribution in [0, 0.1) is 0 Å². The van der Waals surface area contributed by atoms with E-state index in [1.54, 1.807) is 6.07 Å². The van der Waals surface area contributed by atoms with Crippen LogP contribution in [0.3, 0.4) is 0 Å². The van der Waals surface area contributed by atoms with E-state index >= 15 is 0 Å². The zero-order valence-corrected chi connectivity index (χ0v) is 10.1. The minimum atomic E-state index is -5.13. The number of nitrogens with zero attached hydrogens (tertiary/aromatic N) is 1. The van der Waals surface area contributed by atoms with Crippen LogP contribution >= 0.6 is 0 Å². The Morgan fingerprint density at radius 3 is 2.55 bits per heavy atom. The maximum absolute atomic E-state index is 12.6. The second kappa shape index (κ2) is 5.03. The van der Waals surface area contributed by atoms with E-state index in [2.05, 4.69) is 0 Å². The lowest BCUT2D eigenvalue weighted by molar-refractivity contribution is -0.190. The van der Waals surface area contributed by atoms with Gasteiger partial charge >= 0.3 is 18.1 Å². The number of carbonyl (C=O) groups excluding carboxylic acids is 1. The van der Waals surface area contributed by atoms with Crippen molar-refractivity contribution in [1.82, 2.24) is 4.90 Å². The molecular formula is C12H10F3NO4. The second-order valence-electron chi connectivity index (χ2n) is 4.12. The number of amides is 1. The van der Waals surface area contributed by atoms with Crippen LogP contribution in [0.4, 0.5) is 13.2 Å². The number of para-hydroxylation sites is 1. The van der Waals surface area contributed by atoms with Crippen molar-refractivity contribution in [3.8, 4) is 5.75 Å². The molecule has 1 aliphatic heterocycles. The maximum atomic E-state index is 12.6. The summed E-state index contributed by atoms with van der Waals surface area (Å²) in [4.78, 5) is 22.9. The van der Waals surface area contributed by atoms with Gasteiger partial charge in [-0.15, -0.1) is 0 Å². The van der Waals surface area contributed by atoms with E-state index in [0.717, 1.165) is 0 Å². The number of carbonyl (C=O) groups is 2. The van der Waals surface area contributed by atoms with Crippen molar-refractivity contribution in [3.63, 3.8) is 0 Å². The van der Waals surface area contributed by atoms with E-state index in [9.17, 15) is 27.9 Å². The van der Waals surface area contributed by atoms with Crippen LogP contribution in [0.2, 0.25) is 0 Å². The highest BCUT2D eigenvalue weighted by atomic mass is 19.4. The van der Waals surface area contributed by atoms with Crippen LogP contribution in [-0.4, -0.2) is 41.2 Å². The number of hydrogen-bond acceptors (Lipinski definition) is 3. The molecule has 5 nitrogen and oxygen atoms in total. The zero-order valence-electron chi connectivity index (χ0n) is 10.1. The number of ether oxygens (including phenoxy) is 1. The number of halogens is 3. The van der Waals surface area contributed by atoms with E-state index in [1.165, 1.54) is 18.2 Å². The lowest BCUT2D eigenvalue weighted by Crippen LogP contribution is -2.46. The highest BCUT2D eigenvalue weighted by molar-refractivity contribution is 5.88. The topological polar surface area (TPSA) is 66.8 Å². The number of rotatable bonds is 1. The van der Waals surface area contributed by atoms with E-state index in [1.807, 2.05) is 0 Å². The summed E-state index contributed by atoms with van der Waals surface area (Å²) in [6, 6.07) is 4.10. The second-order valence-corrected chi connectivity index (χ2v) is 4.12. The van der Waals surface area contributed by atoms with E-state index in [4.69, 9.17) is 4.74 Å². The Morgan fingerprint density at radius 2 is 1.95 bits per heavy atom. The largest absolute Gasteiger partial charge is 0.491 e. The van der Waals surface area contributed by atoms with Crippen molar-refractivity contribution in [2.75, 3.05) is 13.2 Å². The normalized spacial score (nSPS) is 18.8. The van der Waals surface area contributed by atoms with E-state index in [-0.39, 0.29) is 22.8 Å². The van der Waals surface area contributed by atoms with E-state index < -0.39 is 30.6 Å². The van der Waals surface area contributed by atoms with Crippen molar-refractivity contribution in [2.45, 2.75) is 12.2 Å². The molecule has 20 heavy (non-hydrogen) atoms. The molecule has 0 bridgehead atoms. The Balaban J connectivity index is 2.48. The molecule has 2 rings (SSSR count). The zero-order chi connectivity index (χ0) is 14.9. The molecule has 0 aromatic heterocycles. The molecule has 108 valence electrons. The van der Waals surface area contributed by atoms with Crippen LogP contribution in [0.25, 0.3) is 0 Å². The lowest BCUT2D eigenvalue weighted by Gasteiger charge is -2.27. The Bertz CT molecular complexity index is 544. The van der Waals surface area contributed by atoms with Gasteiger partial charge in [0.05, 0.1) is 6.54 Å². The standard InChI is InChI=1S/C12H10F3NO4/c13-12(14,15)11(19)16-5-6-20-8-4-2-1-3-7(8)9(16)10(17)18/h1-4,9H,5-6H2,(H,17,18). The molecule has 0 spiro atoms. The summed E-state index contributed by atoms with van der Waals surface area (Å²) >= 11 is 0. The molecule has 0 saturated carbocycles. The molecule has 1 unspecified atom stereocenters. The summed E-state index contributed by atoms with van der Waals surface area (Å²) in [5.41, 5.74) is 0.0232. The predicted molar refractivity (Wildman–Crippen MR) is 60.1 cm³/mol. The van der Waals surface area contributed by atoms with Gasteiger partial charge in [-0.2, -0.15) is 13.2 Å². The number of aliphatic carboxylic acids is 1. The fourth-order valence-corrected chi connectivity index (χ4v) is 2.04. The Kier molecular flexibility index (Phi) is 3.56. The maximum Gasteiger partial charge on any atom is 0.471 e. The smallest absolute Gasteiger partial charge is 0.471 e. The molecule has 0 radical (unpaired) electrons. The monoisotopic (exact) mass is 289 g/mol. The van der Waals surface area contributed by atoms with Gasteiger partial charge in [0.15, 0.2) is 6.04 Å². The van der Waals surface area contributed by atoms with Gasteiger partial charge in [0.1, 0.15) is 12.4 Å². The SMILES string of the molecule is O=C(O)C1c2ccccc2OCCN1C(=O)C(F)(F)F. The third kappa shape index (κ3) is 2.54.